The second-order valence-corrected chi connectivity index (χ2v) is 7.33. The Morgan fingerprint density at radius 3 is 2.69 bits per heavy atom. The Morgan fingerprint density at radius 2 is 2.08 bits per heavy atom. The van der Waals surface area contributed by atoms with Gasteiger partial charge in [-0.1, -0.05) is 49.2 Å². The number of nitrogens with two attached hydrogens (primary N) is 2. The van der Waals surface area contributed by atoms with Crippen molar-refractivity contribution in [2.75, 3.05) is 0 Å². The Balaban J connectivity index is 2.31. The summed E-state index contributed by atoms with van der Waals surface area (Å²) in [4.78, 5) is 5.41. The van der Waals surface area contributed by atoms with E-state index in [0.29, 0.717) is 39.8 Å². The molecule has 6 heteroatoms. The molecular formula is C20H19ClN4S. The van der Waals surface area contributed by atoms with Gasteiger partial charge in [0.15, 0.2) is 0 Å². The average molecular weight is 383 g/mol. The molecule has 1 aromatic heterocycles. The maximum atomic E-state index is 9.91. The van der Waals surface area contributed by atoms with Crippen LogP contribution in [0.1, 0.15) is 36.1 Å². The predicted octanol–water partition coefficient (Wildman–Crippen LogP) is 4.80. The summed E-state index contributed by atoms with van der Waals surface area (Å²) in [5.74, 6) is -0.0712. The second-order valence-electron chi connectivity index (χ2n) is 5.98. The molecule has 1 aromatic carbocycles. The topological polar surface area (TPSA) is 88.2 Å². The van der Waals surface area contributed by atoms with Gasteiger partial charge in [0.2, 0.25) is 0 Å². The molecule has 3 rings (SSSR count). The number of hydrogen-bond donors (Lipinski definition) is 2. The summed E-state index contributed by atoms with van der Waals surface area (Å²) < 4.78 is 0. The van der Waals surface area contributed by atoms with Gasteiger partial charge in [-0.25, -0.2) is 4.99 Å². The van der Waals surface area contributed by atoms with Crippen LogP contribution in [0.2, 0.25) is 5.02 Å². The van der Waals surface area contributed by atoms with Gasteiger partial charge in [-0.05, 0) is 29.5 Å². The molecule has 0 saturated heterocycles. The lowest BCUT2D eigenvalue weighted by molar-refractivity contribution is 0.838. The van der Waals surface area contributed by atoms with Crippen molar-refractivity contribution in [3.05, 3.63) is 74.1 Å². The summed E-state index contributed by atoms with van der Waals surface area (Å²) in [5.41, 5.74) is 16.1. The summed E-state index contributed by atoms with van der Waals surface area (Å²) in [7, 11) is 0. The fourth-order valence-corrected chi connectivity index (χ4v) is 4.10. The number of allylic oxidation sites excluding steroid dienone is 2. The van der Waals surface area contributed by atoms with Gasteiger partial charge in [0.05, 0.1) is 33.8 Å². The van der Waals surface area contributed by atoms with E-state index in [1.165, 1.54) is 11.3 Å². The van der Waals surface area contributed by atoms with Gasteiger partial charge in [-0.2, -0.15) is 5.26 Å². The van der Waals surface area contributed by atoms with Crippen LogP contribution in [0, 0.1) is 11.3 Å². The first kappa shape index (κ1) is 18.2. The van der Waals surface area contributed by atoms with Gasteiger partial charge in [-0.15, -0.1) is 11.3 Å². The lowest BCUT2D eigenvalue weighted by Gasteiger charge is -2.28. The molecular weight excluding hydrogens is 364 g/mol. The Labute approximate surface area is 162 Å². The number of thiophene rings is 1. The van der Waals surface area contributed by atoms with Crippen molar-refractivity contribution in [3.63, 3.8) is 0 Å². The van der Waals surface area contributed by atoms with Crippen molar-refractivity contribution in [1.29, 1.82) is 5.26 Å². The quantitative estimate of drug-likeness (QED) is 0.795. The molecule has 1 aliphatic rings. The van der Waals surface area contributed by atoms with Crippen LogP contribution >= 0.6 is 22.9 Å². The van der Waals surface area contributed by atoms with Gasteiger partial charge in [0.25, 0.3) is 0 Å². The second kappa shape index (κ2) is 7.77. The summed E-state index contributed by atoms with van der Waals surface area (Å²) in [6.45, 7) is 2.05. The molecule has 132 valence electrons. The SMILES string of the molecule is CCCC1=C(C#N)C(c2ccccc2Cl)/C(=C(/N)c2cccs2)C(N)=N1. The molecule has 0 saturated carbocycles. The molecule has 0 bridgehead atoms. The van der Waals surface area contributed by atoms with Crippen LogP contribution in [0.3, 0.4) is 0 Å². The van der Waals surface area contributed by atoms with E-state index < -0.39 is 5.92 Å². The highest BCUT2D eigenvalue weighted by atomic mass is 35.5. The number of nitriles is 1. The molecule has 1 aliphatic heterocycles. The van der Waals surface area contributed by atoms with Crippen molar-refractivity contribution in [2.45, 2.75) is 25.7 Å². The van der Waals surface area contributed by atoms with Crippen LogP contribution < -0.4 is 11.5 Å². The van der Waals surface area contributed by atoms with Crippen LogP contribution in [0.15, 0.2) is 63.6 Å². The van der Waals surface area contributed by atoms with E-state index in [9.17, 15) is 5.26 Å². The van der Waals surface area contributed by atoms with Crippen LogP contribution in [0.5, 0.6) is 0 Å². The van der Waals surface area contributed by atoms with E-state index in [4.69, 9.17) is 23.1 Å². The number of hydrogen-bond acceptors (Lipinski definition) is 5. The lowest BCUT2D eigenvalue weighted by Crippen LogP contribution is -2.28. The minimum atomic E-state index is -0.421. The first-order valence-electron chi connectivity index (χ1n) is 8.34. The standard InChI is InChI=1S/C20H19ClN4S/c1-2-6-15-13(11-22)17(12-7-3-4-8-14(12)21)18(20(24)25-15)19(23)16-9-5-10-26-16/h3-5,7-10,17H,2,6,23H2,1H3,(H2,24,25)/b19-18-. The third-order valence-corrected chi connectivity index (χ3v) is 5.57. The molecule has 4 nitrogen and oxygen atoms in total. The lowest BCUT2D eigenvalue weighted by atomic mass is 9.80. The molecule has 1 unspecified atom stereocenters. The molecule has 0 fully saturated rings. The van der Waals surface area contributed by atoms with Gasteiger partial charge >= 0.3 is 0 Å². The van der Waals surface area contributed by atoms with Crippen molar-refractivity contribution in [3.8, 4) is 6.07 Å². The van der Waals surface area contributed by atoms with E-state index in [1.54, 1.807) is 0 Å². The average Bonchev–Trinajstić information content (AvgIpc) is 3.16. The van der Waals surface area contributed by atoms with E-state index in [-0.39, 0.29) is 0 Å². The largest absolute Gasteiger partial charge is 0.397 e. The van der Waals surface area contributed by atoms with Gasteiger partial charge in [-0.3, -0.25) is 0 Å². The number of aliphatic imine (C=N–C) groups is 1. The molecule has 1 atom stereocenters. The molecule has 26 heavy (non-hydrogen) atoms. The Bertz CT molecular complexity index is 948. The van der Waals surface area contributed by atoms with Crippen LogP contribution in [0.25, 0.3) is 5.70 Å². The summed E-state index contributed by atoms with van der Waals surface area (Å²) in [5, 5.41) is 12.4. The van der Waals surface area contributed by atoms with Crippen molar-refractivity contribution >= 4 is 34.5 Å². The van der Waals surface area contributed by atoms with Crippen LogP contribution in [-0.4, -0.2) is 5.84 Å². The van der Waals surface area contributed by atoms with Gasteiger partial charge in [0.1, 0.15) is 5.84 Å². The maximum absolute atomic E-state index is 9.91. The van der Waals surface area contributed by atoms with Gasteiger partial charge < -0.3 is 11.5 Å². The zero-order chi connectivity index (χ0) is 18.7. The number of benzene rings is 1. The monoisotopic (exact) mass is 382 g/mol. The normalized spacial score (nSPS) is 19.1. The van der Waals surface area contributed by atoms with Crippen molar-refractivity contribution in [2.24, 2.45) is 16.5 Å². The van der Waals surface area contributed by atoms with E-state index >= 15 is 0 Å². The summed E-state index contributed by atoms with van der Waals surface area (Å²) >= 11 is 8.00. The van der Waals surface area contributed by atoms with Crippen LogP contribution in [0.4, 0.5) is 0 Å². The maximum Gasteiger partial charge on any atom is 0.130 e. The third-order valence-electron chi connectivity index (χ3n) is 4.32. The Morgan fingerprint density at radius 1 is 1.31 bits per heavy atom. The van der Waals surface area contributed by atoms with E-state index in [1.807, 2.05) is 48.7 Å². The molecule has 0 amide bonds. The fourth-order valence-electron chi connectivity index (χ4n) is 3.16. The Hall–Kier alpha value is -2.55. The third kappa shape index (κ3) is 3.26. The number of halogens is 1. The fraction of sp³-hybridized carbons (Fsp3) is 0.200. The highest BCUT2D eigenvalue weighted by Gasteiger charge is 2.33. The first-order chi connectivity index (χ1) is 12.6. The molecule has 2 aromatic rings. The smallest absolute Gasteiger partial charge is 0.130 e. The summed E-state index contributed by atoms with van der Waals surface area (Å²) in [6, 6.07) is 13.7. The number of amidine groups is 1. The number of rotatable bonds is 4. The van der Waals surface area contributed by atoms with Crippen molar-refractivity contribution < 1.29 is 0 Å². The van der Waals surface area contributed by atoms with Crippen LogP contribution in [-0.2, 0) is 0 Å². The first-order valence-corrected chi connectivity index (χ1v) is 9.59. The highest BCUT2D eigenvalue weighted by Crippen LogP contribution is 2.43. The molecule has 0 aliphatic carbocycles. The molecule has 4 N–H and O–H groups in total. The predicted molar refractivity (Wildman–Crippen MR) is 109 cm³/mol. The number of nitrogens with zero attached hydrogens (tertiary/aromatic N) is 2. The zero-order valence-electron chi connectivity index (χ0n) is 14.4. The molecule has 0 radical (unpaired) electrons. The van der Waals surface area contributed by atoms with Gasteiger partial charge in [0, 0.05) is 10.6 Å². The van der Waals surface area contributed by atoms with E-state index in [0.717, 1.165) is 16.9 Å². The summed E-state index contributed by atoms with van der Waals surface area (Å²) in [6.07, 6.45) is 1.54. The minimum Gasteiger partial charge on any atom is -0.397 e. The highest BCUT2D eigenvalue weighted by molar-refractivity contribution is 7.11. The Kier molecular flexibility index (Phi) is 5.46. The van der Waals surface area contributed by atoms with E-state index in [2.05, 4.69) is 11.1 Å². The zero-order valence-corrected chi connectivity index (χ0v) is 15.9. The minimum absolute atomic E-state index is 0.350. The van der Waals surface area contributed by atoms with Crippen molar-refractivity contribution in [1.82, 2.24) is 0 Å². The molecule has 2 heterocycles. The molecule has 0 spiro atoms.